The fraction of sp³-hybridized carbons (Fsp3) is 0.444. The predicted octanol–water partition coefficient (Wildman–Crippen LogP) is 0.852. The minimum atomic E-state index is 0.961. The van der Waals surface area contributed by atoms with Crippen molar-refractivity contribution >= 4 is 0 Å². The second-order valence-electron chi connectivity index (χ2n) is 3.21. The zero-order chi connectivity index (χ0) is 10.6. The Kier molecular flexibility index (Phi) is 3.39. The van der Waals surface area contributed by atoms with Crippen LogP contribution in [0.2, 0.25) is 0 Å². The van der Waals surface area contributed by atoms with Crippen molar-refractivity contribution in [2.24, 2.45) is 14.1 Å². The molecule has 0 N–H and O–H groups in total. The highest BCUT2D eigenvalue weighted by Gasteiger charge is 1.83. The Morgan fingerprint density at radius 2 is 1.79 bits per heavy atom. The maximum absolute atomic E-state index is 3.98. The van der Waals surface area contributed by atoms with Crippen LogP contribution in [0.4, 0.5) is 0 Å². The van der Waals surface area contributed by atoms with Gasteiger partial charge in [0.1, 0.15) is 0 Å². The monoisotopic (exact) mass is 193 g/mol. The Morgan fingerprint density at radius 3 is 1.93 bits per heavy atom. The number of rotatable bonds is 0. The van der Waals surface area contributed by atoms with Crippen LogP contribution in [0, 0.1) is 13.8 Å². The summed E-state index contributed by atoms with van der Waals surface area (Å²) in [6, 6.07) is 0. The van der Waals surface area contributed by atoms with Crippen LogP contribution in [0.3, 0.4) is 0 Å². The van der Waals surface area contributed by atoms with E-state index in [1.165, 1.54) is 0 Å². The van der Waals surface area contributed by atoms with Gasteiger partial charge in [-0.25, -0.2) is 4.98 Å². The van der Waals surface area contributed by atoms with E-state index in [0.717, 1.165) is 11.4 Å². The number of aromatic nitrogens is 5. The van der Waals surface area contributed by atoms with E-state index in [1.54, 1.807) is 11.0 Å². The number of hydrogen-bond donors (Lipinski definition) is 0. The topological polar surface area (TPSA) is 48.5 Å². The molecule has 0 amide bonds. The Hall–Kier alpha value is -1.65. The van der Waals surface area contributed by atoms with Gasteiger partial charge in [-0.2, -0.15) is 0 Å². The van der Waals surface area contributed by atoms with Gasteiger partial charge in [-0.3, -0.25) is 4.68 Å². The van der Waals surface area contributed by atoms with Crippen molar-refractivity contribution in [2.45, 2.75) is 13.8 Å². The smallest absolute Gasteiger partial charge is 0.0946 e. The summed E-state index contributed by atoms with van der Waals surface area (Å²) < 4.78 is 3.60. The molecule has 0 aliphatic heterocycles. The molecule has 2 rings (SSSR count). The molecule has 2 aromatic rings. The molecule has 2 aromatic heterocycles. The predicted molar refractivity (Wildman–Crippen MR) is 53.7 cm³/mol. The first-order valence-electron chi connectivity index (χ1n) is 4.35. The third-order valence-electron chi connectivity index (χ3n) is 1.55. The molecule has 0 aromatic carbocycles. The molecular weight excluding hydrogens is 178 g/mol. The molecule has 0 atom stereocenters. The van der Waals surface area contributed by atoms with E-state index in [1.807, 2.05) is 44.9 Å². The fourth-order valence-electron chi connectivity index (χ4n) is 1.01. The quantitative estimate of drug-likeness (QED) is 0.623. The largest absolute Gasteiger partial charge is 0.340 e. The van der Waals surface area contributed by atoms with Crippen LogP contribution in [-0.2, 0) is 14.1 Å². The molecule has 5 nitrogen and oxygen atoms in total. The van der Waals surface area contributed by atoms with E-state index in [4.69, 9.17) is 0 Å². The lowest BCUT2D eigenvalue weighted by Crippen LogP contribution is -1.85. The molecule has 2 heterocycles. The molecule has 0 radical (unpaired) electrons. The zero-order valence-corrected chi connectivity index (χ0v) is 8.97. The lowest BCUT2D eigenvalue weighted by Gasteiger charge is -1.78. The number of nitrogens with zero attached hydrogens (tertiary/aromatic N) is 5. The highest BCUT2D eigenvalue weighted by molar-refractivity contribution is 4.90. The van der Waals surface area contributed by atoms with Crippen LogP contribution in [0.1, 0.15) is 11.4 Å². The van der Waals surface area contributed by atoms with Crippen LogP contribution in [0.25, 0.3) is 0 Å². The van der Waals surface area contributed by atoms with E-state index in [9.17, 15) is 0 Å². The van der Waals surface area contributed by atoms with Crippen molar-refractivity contribution < 1.29 is 0 Å². The summed E-state index contributed by atoms with van der Waals surface area (Å²) in [4.78, 5) is 3.98. The van der Waals surface area contributed by atoms with Crippen LogP contribution in [0.5, 0.6) is 0 Å². The summed E-state index contributed by atoms with van der Waals surface area (Å²) >= 11 is 0. The molecule has 0 spiro atoms. The van der Waals surface area contributed by atoms with Gasteiger partial charge in [-0.05, 0) is 13.8 Å². The number of imidazole rings is 1. The third kappa shape index (κ3) is 3.38. The summed E-state index contributed by atoms with van der Waals surface area (Å²) in [5, 5.41) is 7.41. The van der Waals surface area contributed by atoms with Gasteiger partial charge in [-0.15, -0.1) is 5.10 Å². The molecular formula is C9H15N5. The van der Waals surface area contributed by atoms with Gasteiger partial charge in [0.25, 0.3) is 0 Å². The van der Waals surface area contributed by atoms with Crippen molar-refractivity contribution in [1.29, 1.82) is 0 Å². The summed E-state index contributed by atoms with van der Waals surface area (Å²) in [6.07, 6.45) is 5.62. The Labute approximate surface area is 83.4 Å². The molecule has 76 valence electrons. The Balaban J connectivity index is 0.000000140. The maximum atomic E-state index is 3.98. The summed E-state index contributed by atoms with van der Waals surface area (Å²) in [7, 11) is 3.81. The molecule has 14 heavy (non-hydrogen) atoms. The van der Waals surface area contributed by atoms with Gasteiger partial charge in [0.2, 0.25) is 0 Å². The van der Waals surface area contributed by atoms with Gasteiger partial charge < -0.3 is 4.57 Å². The molecule has 0 unspecified atom stereocenters. The second kappa shape index (κ2) is 4.55. The molecule has 0 aliphatic carbocycles. The average Bonchev–Trinajstić information content (AvgIpc) is 2.63. The van der Waals surface area contributed by atoms with Gasteiger partial charge in [-0.1, -0.05) is 5.21 Å². The summed E-state index contributed by atoms with van der Waals surface area (Å²) in [6.45, 7) is 3.88. The van der Waals surface area contributed by atoms with Gasteiger partial charge in [0, 0.05) is 26.5 Å². The van der Waals surface area contributed by atoms with Gasteiger partial charge >= 0.3 is 0 Å². The van der Waals surface area contributed by atoms with E-state index >= 15 is 0 Å². The Bertz CT molecular complexity index is 316. The fourth-order valence-corrected chi connectivity index (χ4v) is 1.01. The minimum Gasteiger partial charge on any atom is -0.340 e. The lowest BCUT2D eigenvalue weighted by atomic mass is 10.6. The van der Waals surface area contributed by atoms with E-state index in [0.29, 0.717) is 0 Å². The highest BCUT2D eigenvalue weighted by atomic mass is 15.4. The second-order valence-corrected chi connectivity index (χ2v) is 3.21. The van der Waals surface area contributed by atoms with E-state index in [-0.39, 0.29) is 0 Å². The van der Waals surface area contributed by atoms with Gasteiger partial charge in [0.05, 0.1) is 17.7 Å². The molecule has 0 saturated carbocycles. The molecule has 0 saturated heterocycles. The average molecular weight is 193 g/mol. The highest BCUT2D eigenvalue weighted by Crippen LogP contribution is 1.86. The maximum Gasteiger partial charge on any atom is 0.0946 e. The minimum absolute atomic E-state index is 0.961. The van der Waals surface area contributed by atoms with Crippen molar-refractivity contribution in [2.75, 3.05) is 0 Å². The van der Waals surface area contributed by atoms with Crippen LogP contribution in [0.15, 0.2) is 18.7 Å². The normalized spacial score (nSPS) is 9.43. The molecule has 0 aliphatic rings. The summed E-state index contributed by atoms with van der Waals surface area (Å²) in [5.41, 5.74) is 2.03. The zero-order valence-electron chi connectivity index (χ0n) is 8.97. The van der Waals surface area contributed by atoms with Crippen molar-refractivity contribution in [1.82, 2.24) is 24.5 Å². The number of aryl methyl sites for hydroxylation is 4. The molecule has 0 fully saturated rings. The first-order chi connectivity index (χ1) is 6.58. The van der Waals surface area contributed by atoms with E-state index < -0.39 is 0 Å². The van der Waals surface area contributed by atoms with E-state index in [2.05, 4.69) is 15.3 Å². The van der Waals surface area contributed by atoms with Crippen LogP contribution < -0.4 is 0 Å². The Morgan fingerprint density at radius 1 is 1.07 bits per heavy atom. The molecule has 5 heteroatoms. The van der Waals surface area contributed by atoms with Gasteiger partial charge in [0.15, 0.2) is 0 Å². The number of hydrogen-bond acceptors (Lipinski definition) is 3. The lowest BCUT2D eigenvalue weighted by molar-refractivity contribution is 0.714. The van der Waals surface area contributed by atoms with Crippen molar-refractivity contribution in [3.05, 3.63) is 30.1 Å². The van der Waals surface area contributed by atoms with Crippen LogP contribution in [-0.4, -0.2) is 24.5 Å². The van der Waals surface area contributed by atoms with Crippen molar-refractivity contribution in [3.8, 4) is 0 Å². The standard InChI is InChI=1S/C5H8N2.C4H7N3/c1-5-3-7(2)4-6-5;1-4-3-7(2)6-5-4/h3-4H,1-2H3;3H,1-2H3. The first kappa shape index (κ1) is 10.4. The van der Waals surface area contributed by atoms with Crippen LogP contribution >= 0.6 is 0 Å². The third-order valence-corrected chi connectivity index (χ3v) is 1.55. The SMILES string of the molecule is Cc1cn(C)cn1.Cc1cn(C)nn1. The summed E-state index contributed by atoms with van der Waals surface area (Å²) in [5.74, 6) is 0. The molecule has 0 bridgehead atoms. The first-order valence-corrected chi connectivity index (χ1v) is 4.35. The van der Waals surface area contributed by atoms with Crippen molar-refractivity contribution in [3.63, 3.8) is 0 Å².